The summed E-state index contributed by atoms with van der Waals surface area (Å²) in [5.41, 5.74) is 12.5. The summed E-state index contributed by atoms with van der Waals surface area (Å²) in [6.45, 7) is 21.3. The van der Waals surface area contributed by atoms with Crippen molar-refractivity contribution in [2.45, 2.75) is 174 Å². The predicted octanol–water partition coefficient (Wildman–Crippen LogP) is 9.91. The Balaban J connectivity index is 0.000000132. The second kappa shape index (κ2) is 30.7. The summed E-state index contributed by atoms with van der Waals surface area (Å²) in [5, 5.41) is 72.4. The highest BCUT2D eigenvalue weighted by Gasteiger charge is 2.31. The maximum Gasteiger partial charge on any atom is 0.0999 e. The van der Waals surface area contributed by atoms with Gasteiger partial charge >= 0.3 is 0 Å². The Morgan fingerprint density at radius 3 is 1.07 bits per heavy atom. The van der Waals surface area contributed by atoms with E-state index in [-0.39, 0.29) is 0 Å². The number of aliphatic hydroxyl groups is 3. The highest BCUT2D eigenvalue weighted by Crippen LogP contribution is 2.33. The Kier molecular flexibility index (Phi) is 21.2. The summed E-state index contributed by atoms with van der Waals surface area (Å²) in [5.74, 6) is 0. The Hall–Kier alpha value is -9.12. The largest absolute Gasteiger partial charge is 0.390 e. The van der Waals surface area contributed by atoms with Gasteiger partial charge in [-0.1, -0.05) is 41.5 Å². The van der Waals surface area contributed by atoms with Gasteiger partial charge in [-0.25, -0.2) is 28.5 Å². The van der Waals surface area contributed by atoms with Crippen LogP contribution in [0.2, 0.25) is 0 Å². The highest BCUT2D eigenvalue weighted by atomic mass is 16.5. The Morgan fingerprint density at radius 1 is 0.398 bits per heavy atom. The second-order valence-electron chi connectivity index (χ2n) is 26.4. The van der Waals surface area contributed by atoms with Crippen molar-refractivity contribution in [2.75, 3.05) is 52.5 Å². The first-order chi connectivity index (χ1) is 47.9. The number of likely N-dealkylation sites (tertiary alicyclic amines) is 2. The van der Waals surface area contributed by atoms with Crippen LogP contribution in [0.15, 0.2) is 130 Å². The molecule has 0 unspecified atom stereocenters. The molecule has 12 aromatic heterocycles. The van der Waals surface area contributed by atoms with E-state index in [1.807, 2.05) is 102 Å². The first kappa shape index (κ1) is 67.4. The molecule has 0 aliphatic carbocycles. The van der Waals surface area contributed by atoms with Gasteiger partial charge in [0.15, 0.2) is 0 Å². The molecule has 0 radical (unpaired) electrons. The third-order valence-electron chi connectivity index (χ3n) is 19.5. The third kappa shape index (κ3) is 15.4. The summed E-state index contributed by atoms with van der Waals surface area (Å²) in [4.78, 5) is 19.5. The summed E-state index contributed by atoms with van der Waals surface area (Å²) in [6.07, 6.45) is 45.6. The van der Waals surface area contributed by atoms with Crippen molar-refractivity contribution in [1.29, 1.82) is 0 Å². The smallest absolute Gasteiger partial charge is 0.0999 e. The fourth-order valence-corrected chi connectivity index (χ4v) is 13.9. The standard InChI is InChI=1S/2C24H32N8O.C23H29N7O2/c2*1-3-20(4-2)31-14-19(12-27-31)24-23-7-8-25-32(23)17-22(28-24)18-11-26-30(13-18)16-21(33)15-29-9-5-6-10-29;1-3-19(4-2)29-14-18(12-26-29)22-21-5-8-24-30(21)15-20(27-22)17-11-25-28(13-17)16-23(31)6-9-32-10-7-23/h2*7-8,11-14,17,20-21,33H,3-6,9-10,15-16H2,1-2H3;5,8,11-15,19,31H,3-4,6-7,9-10,16H2,1-2H3/t2*21-;/m10./s1. The zero-order chi connectivity index (χ0) is 67.7. The zero-order valence-electron chi connectivity index (χ0n) is 57.3. The quantitative estimate of drug-likeness (QED) is 0.0480. The average molecular weight is 1330 g/mol. The first-order valence-electron chi connectivity index (χ1n) is 35.2. The maximum absolute atomic E-state index is 10.8. The molecular formula is C71H93N23O4. The van der Waals surface area contributed by atoms with E-state index in [1.54, 1.807) is 51.2 Å². The van der Waals surface area contributed by atoms with Crippen LogP contribution >= 0.6 is 0 Å². The van der Waals surface area contributed by atoms with Crippen LogP contribution < -0.4 is 0 Å². The van der Waals surface area contributed by atoms with E-state index in [0.717, 1.165) is 149 Å². The van der Waals surface area contributed by atoms with E-state index in [1.165, 1.54) is 25.7 Å². The van der Waals surface area contributed by atoms with Crippen molar-refractivity contribution < 1.29 is 20.1 Å². The van der Waals surface area contributed by atoms with Gasteiger partial charge in [-0.3, -0.25) is 28.1 Å². The van der Waals surface area contributed by atoms with Gasteiger partial charge in [0.05, 0.1) is 181 Å². The van der Waals surface area contributed by atoms with E-state index in [0.29, 0.717) is 76.9 Å². The summed E-state index contributed by atoms with van der Waals surface area (Å²) < 4.78 is 22.4. The molecule has 15 rings (SSSR count). The minimum absolute atomic E-state index is 0.377. The van der Waals surface area contributed by atoms with Crippen molar-refractivity contribution in [3.05, 3.63) is 130 Å². The molecule has 0 aromatic carbocycles. The van der Waals surface area contributed by atoms with E-state index in [9.17, 15) is 15.3 Å². The molecule has 15 heterocycles. The number of aromatic nitrogens is 21. The third-order valence-corrected chi connectivity index (χ3v) is 19.5. The van der Waals surface area contributed by atoms with Crippen molar-refractivity contribution in [2.24, 2.45) is 0 Å². The molecule has 0 saturated carbocycles. The molecule has 2 atom stereocenters. The van der Waals surface area contributed by atoms with Gasteiger partial charge in [0.1, 0.15) is 0 Å². The molecule has 3 aliphatic heterocycles. The Labute approximate surface area is 570 Å². The lowest BCUT2D eigenvalue weighted by molar-refractivity contribution is -0.0744. The molecule has 12 aromatic rings. The number of fused-ring (bicyclic) bond motifs is 3. The minimum Gasteiger partial charge on any atom is -0.390 e. The molecule has 3 aliphatic rings. The number of hydrogen-bond donors (Lipinski definition) is 3. The Morgan fingerprint density at radius 2 is 0.724 bits per heavy atom. The molecule has 3 saturated heterocycles. The number of rotatable bonds is 25. The van der Waals surface area contributed by atoms with Gasteiger partial charge in [-0.05, 0) is 109 Å². The van der Waals surface area contributed by atoms with Gasteiger partial charge in [0.2, 0.25) is 0 Å². The van der Waals surface area contributed by atoms with E-state index in [2.05, 4.69) is 116 Å². The number of hydrogen-bond acceptors (Lipinski definition) is 18. The summed E-state index contributed by atoms with van der Waals surface area (Å²) in [6, 6.07) is 7.05. The predicted molar refractivity (Wildman–Crippen MR) is 374 cm³/mol. The fraction of sp³-hybridized carbons (Fsp3) is 0.493. The van der Waals surface area contributed by atoms with Gasteiger partial charge < -0.3 is 29.9 Å². The van der Waals surface area contributed by atoms with E-state index < -0.39 is 17.8 Å². The second-order valence-corrected chi connectivity index (χ2v) is 26.4. The molecule has 98 heavy (non-hydrogen) atoms. The topological polar surface area (TPSA) is 274 Å². The first-order valence-corrected chi connectivity index (χ1v) is 35.2. The van der Waals surface area contributed by atoms with Crippen LogP contribution in [0.1, 0.15) is 137 Å². The molecule has 27 heteroatoms. The fourth-order valence-electron chi connectivity index (χ4n) is 13.9. The highest BCUT2D eigenvalue weighted by molar-refractivity contribution is 5.80. The Bertz CT molecular complexity index is 4300. The zero-order valence-corrected chi connectivity index (χ0v) is 57.3. The molecule has 27 nitrogen and oxygen atoms in total. The molecule has 0 spiro atoms. The molecule has 0 amide bonds. The molecule has 0 bridgehead atoms. The van der Waals surface area contributed by atoms with Gasteiger partial charge in [0, 0.05) is 110 Å². The minimum atomic E-state index is -0.782. The molecular weight excluding hydrogens is 1240 g/mol. The van der Waals surface area contributed by atoms with Gasteiger partial charge in [0.25, 0.3) is 0 Å². The van der Waals surface area contributed by atoms with Crippen LogP contribution in [-0.2, 0) is 24.4 Å². The van der Waals surface area contributed by atoms with Gasteiger partial charge in [-0.2, -0.15) is 45.9 Å². The van der Waals surface area contributed by atoms with E-state index >= 15 is 0 Å². The van der Waals surface area contributed by atoms with Crippen LogP contribution in [0.3, 0.4) is 0 Å². The van der Waals surface area contributed by atoms with Crippen LogP contribution in [0.25, 0.3) is 84.1 Å². The lowest BCUT2D eigenvalue weighted by atomic mass is 9.94. The summed E-state index contributed by atoms with van der Waals surface area (Å²) >= 11 is 0. The number of β-amino-alcohol motifs (C(OH)–C–C–N with tert-alkyl or cyclic N) is 2. The van der Waals surface area contributed by atoms with Crippen molar-refractivity contribution in [1.82, 2.24) is 112 Å². The number of ether oxygens (including phenoxy) is 1. The SMILES string of the molecule is CCC(CC)n1cc(-c2nc(-c3cnn(CC4(O)CCOCC4)c3)cn3nccc23)cn1.CCC(CC)n1cc(-c2nc(-c3cnn(C[C@@H](O)CN4CCCC4)c3)cn3nccc23)cn1.CCC(CC)n1cc(-c2nc(-c3cnn(C[C@H](O)CN4CCCC4)c3)cn3nccc23)cn1. The van der Waals surface area contributed by atoms with Crippen LogP contribution in [-0.4, -0.2) is 198 Å². The van der Waals surface area contributed by atoms with Crippen molar-refractivity contribution in [3.63, 3.8) is 0 Å². The number of aliphatic hydroxyl groups excluding tert-OH is 2. The lowest BCUT2D eigenvalue weighted by Crippen LogP contribution is -2.40. The molecule has 516 valence electrons. The van der Waals surface area contributed by atoms with Crippen molar-refractivity contribution >= 4 is 16.6 Å². The van der Waals surface area contributed by atoms with Crippen LogP contribution in [0, 0.1) is 0 Å². The molecule has 3 N–H and O–H groups in total. The average Bonchev–Trinajstić information content (AvgIpc) is 1.62. The number of nitrogens with zero attached hydrogens (tertiary/aromatic N) is 23. The normalized spacial score (nSPS) is 15.9. The summed E-state index contributed by atoms with van der Waals surface area (Å²) in [7, 11) is 0. The van der Waals surface area contributed by atoms with E-state index in [4.69, 9.17) is 19.7 Å². The lowest BCUT2D eigenvalue weighted by Gasteiger charge is -2.31. The van der Waals surface area contributed by atoms with Crippen LogP contribution in [0.5, 0.6) is 0 Å². The molecule has 3 fully saturated rings. The maximum atomic E-state index is 10.8. The monoisotopic (exact) mass is 1330 g/mol. The van der Waals surface area contributed by atoms with Gasteiger partial charge in [-0.15, -0.1) is 0 Å². The van der Waals surface area contributed by atoms with Crippen molar-refractivity contribution in [3.8, 4) is 67.5 Å². The van der Waals surface area contributed by atoms with Crippen LogP contribution in [0.4, 0.5) is 0 Å².